The highest BCUT2D eigenvalue weighted by Crippen LogP contribution is 2.40. The minimum absolute atomic E-state index is 0.0566. The molecule has 1 heterocycles. The average Bonchev–Trinajstić information content (AvgIpc) is 2.76. The number of halogens is 3. The Morgan fingerprint density at radius 2 is 2.06 bits per heavy atom. The predicted molar refractivity (Wildman–Crippen MR) is 78.1 cm³/mol. The van der Waals surface area contributed by atoms with Crippen molar-refractivity contribution in [3.63, 3.8) is 0 Å². The second-order valence-electron chi connectivity index (χ2n) is 3.42. The van der Waals surface area contributed by atoms with Crippen LogP contribution in [0.3, 0.4) is 0 Å². The second-order valence-corrected chi connectivity index (χ2v) is 6.12. The lowest BCUT2D eigenvalue weighted by Gasteiger charge is -2.10. The number of hydrogen-bond donors (Lipinski definition) is 0. The fourth-order valence-electron chi connectivity index (χ4n) is 1.43. The molecule has 1 aromatic carbocycles. The smallest absolute Gasteiger partial charge is 0.129 e. The van der Waals surface area contributed by atoms with Crippen LogP contribution in [0.25, 0.3) is 0 Å². The molecular formula is C12H9BrCl2OS. The fraction of sp³-hybridized carbons (Fsp3) is 0.167. The molecule has 0 aliphatic rings. The molecule has 1 atom stereocenters. The summed E-state index contributed by atoms with van der Waals surface area (Å²) in [5.74, 6) is 0.861. The number of benzene rings is 1. The first-order valence-corrected chi connectivity index (χ1v) is 7.38. The molecule has 0 spiro atoms. The molecule has 1 aromatic heterocycles. The SMILES string of the molecule is COc1csc(C(Br)c2ccc(Cl)cc2Cl)c1. The standard InChI is InChI=1S/C12H9BrCl2OS/c1-16-8-5-11(17-6-8)12(13)9-3-2-7(14)4-10(9)15/h2-6,12H,1H3. The molecule has 90 valence electrons. The number of thiophene rings is 1. The third-order valence-electron chi connectivity index (χ3n) is 2.32. The monoisotopic (exact) mass is 350 g/mol. The van der Waals surface area contributed by atoms with Gasteiger partial charge >= 0.3 is 0 Å². The highest BCUT2D eigenvalue weighted by molar-refractivity contribution is 9.09. The van der Waals surface area contributed by atoms with Crippen LogP contribution in [0.1, 0.15) is 15.3 Å². The lowest BCUT2D eigenvalue weighted by molar-refractivity contribution is 0.416. The van der Waals surface area contributed by atoms with E-state index in [-0.39, 0.29) is 4.83 Å². The predicted octanol–water partition coefficient (Wildman–Crippen LogP) is 5.55. The molecule has 5 heteroatoms. The summed E-state index contributed by atoms with van der Waals surface area (Å²) in [6, 6.07) is 7.50. The highest BCUT2D eigenvalue weighted by Gasteiger charge is 2.16. The van der Waals surface area contributed by atoms with Crippen LogP contribution in [0.2, 0.25) is 10.0 Å². The Labute approximate surface area is 122 Å². The van der Waals surface area contributed by atoms with E-state index in [0.717, 1.165) is 16.2 Å². The third-order valence-corrected chi connectivity index (χ3v) is 5.14. The number of rotatable bonds is 3. The zero-order valence-corrected chi connectivity index (χ0v) is 12.8. The molecule has 1 nitrogen and oxygen atoms in total. The number of alkyl halides is 1. The van der Waals surface area contributed by atoms with E-state index in [9.17, 15) is 0 Å². The van der Waals surface area contributed by atoms with Gasteiger partial charge in [-0.25, -0.2) is 0 Å². The van der Waals surface area contributed by atoms with E-state index < -0.39 is 0 Å². The van der Waals surface area contributed by atoms with E-state index in [4.69, 9.17) is 27.9 Å². The van der Waals surface area contributed by atoms with Crippen LogP contribution in [0.4, 0.5) is 0 Å². The van der Waals surface area contributed by atoms with Crippen LogP contribution in [0, 0.1) is 0 Å². The van der Waals surface area contributed by atoms with E-state index >= 15 is 0 Å². The third kappa shape index (κ3) is 2.97. The van der Waals surface area contributed by atoms with Crippen molar-refractivity contribution in [3.8, 4) is 5.75 Å². The number of ether oxygens (including phenoxy) is 1. The first-order valence-electron chi connectivity index (χ1n) is 4.83. The van der Waals surface area contributed by atoms with Gasteiger partial charge in [-0.1, -0.05) is 45.2 Å². The Kier molecular flexibility index (Phi) is 4.36. The van der Waals surface area contributed by atoms with E-state index in [1.165, 1.54) is 0 Å². The summed E-state index contributed by atoms with van der Waals surface area (Å²) < 4.78 is 5.17. The molecule has 0 amide bonds. The molecule has 0 saturated carbocycles. The molecule has 0 aliphatic heterocycles. The molecule has 0 N–H and O–H groups in total. The van der Waals surface area contributed by atoms with Crippen molar-refractivity contribution < 1.29 is 4.74 Å². The van der Waals surface area contributed by atoms with Gasteiger partial charge in [-0.3, -0.25) is 0 Å². The molecule has 2 aromatic rings. The van der Waals surface area contributed by atoms with Crippen molar-refractivity contribution >= 4 is 50.5 Å². The molecule has 0 fully saturated rings. The number of hydrogen-bond acceptors (Lipinski definition) is 2. The quantitative estimate of drug-likeness (QED) is 0.659. The lowest BCUT2D eigenvalue weighted by atomic mass is 10.1. The van der Waals surface area contributed by atoms with Gasteiger partial charge in [-0.15, -0.1) is 11.3 Å². The van der Waals surface area contributed by atoms with Crippen LogP contribution in [0.15, 0.2) is 29.6 Å². The van der Waals surface area contributed by atoms with E-state index in [1.54, 1.807) is 24.5 Å². The lowest BCUT2D eigenvalue weighted by Crippen LogP contribution is -1.90. The van der Waals surface area contributed by atoms with Gasteiger partial charge in [-0.05, 0) is 23.8 Å². The summed E-state index contributed by atoms with van der Waals surface area (Å²) in [6.45, 7) is 0. The van der Waals surface area contributed by atoms with Crippen LogP contribution in [-0.4, -0.2) is 7.11 Å². The van der Waals surface area contributed by atoms with Crippen LogP contribution < -0.4 is 4.74 Å². The summed E-state index contributed by atoms with van der Waals surface area (Å²) in [5.41, 5.74) is 1.00. The summed E-state index contributed by atoms with van der Waals surface area (Å²) >= 11 is 17.3. The van der Waals surface area contributed by atoms with E-state index in [2.05, 4.69) is 15.9 Å². The molecule has 0 aliphatic carbocycles. The molecule has 2 rings (SSSR count). The van der Waals surface area contributed by atoms with Crippen molar-refractivity contribution in [1.29, 1.82) is 0 Å². The molecule has 0 radical (unpaired) electrons. The first kappa shape index (κ1) is 13.2. The number of methoxy groups -OCH3 is 1. The normalized spacial score (nSPS) is 12.5. The Balaban J connectivity index is 2.33. The summed E-state index contributed by atoms with van der Waals surface area (Å²) in [7, 11) is 1.66. The molecule has 17 heavy (non-hydrogen) atoms. The zero-order chi connectivity index (χ0) is 12.4. The van der Waals surface area contributed by atoms with Crippen molar-refractivity contribution in [2.24, 2.45) is 0 Å². The molecular weight excluding hydrogens is 343 g/mol. The van der Waals surface area contributed by atoms with E-state index in [1.807, 2.05) is 23.6 Å². The zero-order valence-electron chi connectivity index (χ0n) is 8.91. The minimum Gasteiger partial charge on any atom is -0.496 e. The Hall–Kier alpha value is -0.220. The largest absolute Gasteiger partial charge is 0.496 e. The molecule has 0 bridgehead atoms. The topological polar surface area (TPSA) is 9.23 Å². The van der Waals surface area contributed by atoms with E-state index in [0.29, 0.717) is 10.0 Å². The van der Waals surface area contributed by atoms with Crippen molar-refractivity contribution in [2.75, 3.05) is 7.11 Å². The van der Waals surface area contributed by atoms with Crippen molar-refractivity contribution in [3.05, 3.63) is 50.1 Å². The maximum absolute atomic E-state index is 6.17. The first-order chi connectivity index (χ1) is 8.11. The van der Waals surface area contributed by atoms with Crippen LogP contribution in [0.5, 0.6) is 5.75 Å². The maximum atomic E-state index is 6.17. The van der Waals surface area contributed by atoms with Gasteiger partial charge in [-0.2, -0.15) is 0 Å². The van der Waals surface area contributed by atoms with Gasteiger partial charge in [0.15, 0.2) is 0 Å². The highest BCUT2D eigenvalue weighted by atomic mass is 79.9. The average molecular weight is 352 g/mol. The summed E-state index contributed by atoms with van der Waals surface area (Å²) in [4.78, 5) is 1.20. The Morgan fingerprint density at radius 3 is 2.65 bits per heavy atom. The molecule has 0 saturated heterocycles. The van der Waals surface area contributed by atoms with Gasteiger partial charge < -0.3 is 4.74 Å². The second kappa shape index (κ2) is 5.61. The van der Waals surface area contributed by atoms with Gasteiger partial charge in [0.05, 0.1) is 11.9 Å². The van der Waals surface area contributed by atoms with Crippen LogP contribution in [-0.2, 0) is 0 Å². The van der Waals surface area contributed by atoms with Crippen LogP contribution >= 0.6 is 50.5 Å². The fourth-order valence-corrected chi connectivity index (χ4v) is 3.79. The Morgan fingerprint density at radius 1 is 1.29 bits per heavy atom. The van der Waals surface area contributed by atoms with Gasteiger partial charge in [0.2, 0.25) is 0 Å². The maximum Gasteiger partial charge on any atom is 0.129 e. The summed E-state index contributed by atoms with van der Waals surface area (Å²) in [5, 5.41) is 3.27. The van der Waals surface area contributed by atoms with Gasteiger partial charge in [0.25, 0.3) is 0 Å². The van der Waals surface area contributed by atoms with Gasteiger partial charge in [0.1, 0.15) is 5.75 Å². The Bertz CT molecular complexity index is 527. The van der Waals surface area contributed by atoms with Crippen molar-refractivity contribution in [1.82, 2.24) is 0 Å². The minimum atomic E-state index is 0.0566. The van der Waals surface area contributed by atoms with Crippen molar-refractivity contribution in [2.45, 2.75) is 4.83 Å². The van der Waals surface area contributed by atoms with Gasteiger partial charge in [0, 0.05) is 20.3 Å². The molecule has 1 unspecified atom stereocenters. The summed E-state index contributed by atoms with van der Waals surface area (Å²) in [6.07, 6.45) is 0.